The van der Waals surface area contributed by atoms with Gasteiger partial charge in [0.1, 0.15) is 0 Å². The number of hydrogen-bond acceptors (Lipinski definition) is 3. The molecule has 0 radical (unpaired) electrons. The summed E-state index contributed by atoms with van der Waals surface area (Å²) in [5, 5.41) is 3.03. The molecule has 1 aliphatic heterocycles. The molecule has 28 heavy (non-hydrogen) atoms. The van der Waals surface area contributed by atoms with Crippen molar-refractivity contribution < 1.29 is 4.79 Å². The predicted octanol–water partition coefficient (Wildman–Crippen LogP) is 4.89. The van der Waals surface area contributed by atoms with Crippen molar-refractivity contribution >= 4 is 17.7 Å². The highest BCUT2D eigenvalue weighted by molar-refractivity contribution is 7.98. The molecule has 3 nitrogen and oxygen atoms in total. The van der Waals surface area contributed by atoms with Crippen LogP contribution in [0.3, 0.4) is 0 Å². The van der Waals surface area contributed by atoms with E-state index in [-0.39, 0.29) is 5.91 Å². The first-order valence-corrected chi connectivity index (χ1v) is 11.5. The third-order valence-corrected chi connectivity index (χ3v) is 6.41. The Morgan fingerprint density at radius 1 is 1.11 bits per heavy atom. The zero-order valence-electron chi connectivity index (χ0n) is 17.1. The normalized spacial score (nSPS) is 15.5. The van der Waals surface area contributed by atoms with E-state index in [1.807, 2.05) is 23.9 Å². The SMILES string of the molecule is Cc1cccc(CSCCNC(=O)c2ccc(CN3CCC(C)CC3)cc2)c1. The van der Waals surface area contributed by atoms with Gasteiger partial charge in [0, 0.05) is 30.2 Å². The van der Waals surface area contributed by atoms with Crippen LogP contribution >= 0.6 is 11.8 Å². The van der Waals surface area contributed by atoms with Crippen molar-refractivity contribution in [3.8, 4) is 0 Å². The first kappa shape index (κ1) is 20.9. The average Bonchev–Trinajstić information content (AvgIpc) is 2.70. The zero-order valence-corrected chi connectivity index (χ0v) is 17.9. The molecular formula is C24H32N2OS. The zero-order chi connectivity index (χ0) is 19.8. The fourth-order valence-electron chi connectivity index (χ4n) is 3.57. The summed E-state index contributed by atoms with van der Waals surface area (Å²) in [7, 11) is 0. The molecule has 1 fully saturated rings. The van der Waals surface area contributed by atoms with Crippen LogP contribution in [0.1, 0.15) is 46.8 Å². The number of hydrogen-bond donors (Lipinski definition) is 1. The second kappa shape index (κ2) is 10.7. The lowest BCUT2D eigenvalue weighted by Gasteiger charge is -2.30. The minimum atomic E-state index is 0.0227. The van der Waals surface area contributed by atoms with Crippen LogP contribution in [0.15, 0.2) is 48.5 Å². The van der Waals surface area contributed by atoms with Crippen molar-refractivity contribution in [1.29, 1.82) is 0 Å². The minimum absolute atomic E-state index is 0.0227. The lowest BCUT2D eigenvalue weighted by Crippen LogP contribution is -2.32. The second-order valence-electron chi connectivity index (χ2n) is 7.95. The number of carbonyl (C=O) groups excluding carboxylic acids is 1. The van der Waals surface area contributed by atoms with Gasteiger partial charge in [0.15, 0.2) is 0 Å². The van der Waals surface area contributed by atoms with E-state index in [0.29, 0.717) is 6.54 Å². The summed E-state index contributed by atoms with van der Waals surface area (Å²) in [6, 6.07) is 16.7. The first-order valence-electron chi connectivity index (χ1n) is 10.3. The number of benzene rings is 2. The van der Waals surface area contributed by atoms with Gasteiger partial charge >= 0.3 is 0 Å². The number of nitrogens with zero attached hydrogens (tertiary/aromatic N) is 1. The number of nitrogens with one attached hydrogen (secondary N) is 1. The van der Waals surface area contributed by atoms with Gasteiger partial charge in [-0.15, -0.1) is 0 Å². The number of aryl methyl sites for hydroxylation is 1. The van der Waals surface area contributed by atoms with Crippen LogP contribution in [-0.4, -0.2) is 36.2 Å². The van der Waals surface area contributed by atoms with E-state index in [0.717, 1.165) is 29.5 Å². The highest BCUT2D eigenvalue weighted by atomic mass is 32.2. The molecular weight excluding hydrogens is 364 g/mol. The van der Waals surface area contributed by atoms with E-state index in [1.165, 1.54) is 42.6 Å². The molecule has 0 aliphatic carbocycles. The molecule has 0 bridgehead atoms. The number of amides is 1. The van der Waals surface area contributed by atoms with Crippen LogP contribution in [0, 0.1) is 12.8 Å². The van der Waals surface area contributed by atoms with Crippen molar-refractivity contribution in [2.24, 2.45) is 5.92 Å². The maximum atomic E-state index is 12.3. The fraction of sp³-hybridized carbons (Fsp3) is 0.458. The molecule has 0 spiro atoms. The Labute approximate surface area is 173 Å². The second-order valence-corrected chi connectivity index (χ2v) is 9.06. The van der Waals surface area contributed by atoms with E-state index < -0.39 is 0 Å². The van der Waals surface area contributed by atoms with Gasteiger partial charge in [0.05, 0.1) is 0 Å². The molecule has 1 heterocycles. The van der Waals surface area contributed by atoms with Gasteiger partial charge in [0.2, 0.25) is 0 Å². The lowest BCUT2D eigenvalue weighted by atomic mass is 9.99. The number of thioether (sulfide) groups is 1. The van der Waals surface area contributed by atoms with Gasteiger partial charge in [-0.05, 0) is 62.0 Å². The maximum Gasteiger partial charge on any atom is 0.251 e. The lowest BCUT2D eigenvalue weighted by molar-refractivity contribution is 0.0956. The molecule has 4 heteroatoms. The molecule has 150 valence electrons. The molecule has 1 aliphatic rings. The predicted molar refractivity (Wildman–Crippen MR) is 120 cm³/mol. The molecule has 0 unspecified atom stereocenters. The van der Waals surface area contributed by atoms with Crippen molar-refractivity contribution in [2.45, 2.75) is 39.0 Å². The Hall–Kier alpha value is -1.78. The summed E-state index contributed by atoms with van der Waals surface area (Å²) >= 11 is 1.85. The number of carbonyl (C=O) groups is 1. The third kappa shape index (κ3) is 6.68. The Bertz CT molecular complexity index is 751. The number of rotatable bonds is 8. The van der Waals surface area contributed by atoms with E-state index in [1.54, 1.807) is 0 Å². The summed E-state index contributed by atoms with van der Waals surface area (Å²) < 4.78 is 0. The molecule has 3 rings (SSSR count). The van der Waals surface area contributed by atoms with Crippen LogP contribution in [-0.2, 0) is 12.3 Å². The van der Waals surface area contributed by atoms with Gasteiger partial charge in [-0.2, -0.15) is 11.8 Å². The monoisotopic (exact) mass is 396 g/mol. The smallest absolute Gasteiger partial charge is 0.251 e. The van der Waals surface area contributed by atoms with Gasteiger partial charge in [-0.3, -0.25) is 9.69 Å². The summed E-state index contributed by atoms with van der Waals surface area (Å²) in [4.78, 5) is 14.8. The van der Waals surface area contributed by atoms with E-state index in [2.05, 4.69) is 60.5 Å². The molecule has 1 amide bonds. The molecule has 0 aromatic heterocycles. The van der Waals surface area contributed by atoms with Crippen LogP contribution in [0.5, 0.6) is 0 Å². The molecule has 0 atom stereocenters. The molecule has 2 aromatic rings. The van der Waals surface area contributed by atoms with Crippen molar-refractivity contribution in [2.75, 3.05) is 25.4 Å². The van der Waals surface area contributed by atoms with Crippen molar-refractivity contribution in [1.82, 2.24) is 10.2 Å². The van der Waals surface area contributed by atoms with Crippen LogP contribution in [0.2, 0.25) is 0 Å². The standard InChI is InChI=1S/C24H32N2OS/c1-19-10-13-26(14-11-19)17-21-6-8-23(9-7-21)24(27)25-12-15-28-18-22-5-3-4-20(2)16-22/h3-9,16,19H,10-15,17-18H2,1-2H3,(H,25,27). The van der Waals surface area contributed by atoms with Gasteiger partial charge in [-0.1, -0.05) is 48.9 Å². The van der Waals surface area contributed by atoms with E-state index >= 15 is 0 Å². The number of piperidine rings is 1. The Balaban J connectivity index is 1.36. The summed E-state index contributed by atoms with van der Waals surface area (Å²) in [6.45, 7) is 8.51. The molecule has 1 saturated heterocycles. The molecule has 2 aromatic carbocycles. The highest BCUT2D eigenvalue weighted by Crippen LogP contribution is 2.18. The Kier molecular flexibility index (Phi) is 7.99. The minimum Gasteiger partial charge on any atom is -0.351 e. The summed E-state index contributed by atoms with van der Waals surface area (Å²) in [5.41, 5.74) is 4.68. The Morgan fingerprint density at radius 3 is 2.57 bits per heavy atom. The van der Waals surface area contributed by atoms with E-state index in [9.17, 15) is 4.79 Å². The van der Waals surface area contributed by atoms with Crippen LogP contribution in [0.4, 0.5) is 0 Å². The van der Waals surface area contributed by atoms with Crippen molar-refractivity contribution in [3.63, 3.8) is 0 Å². The third-order valence-electron chi connectivity index (χ3n) is 5.38. The van der Waals surface area contributed by atoms with Gasteiger partial charge in [-0.25, -0.2) is 0 Å². The van der Waals surface area contributed by atoms with Crippen LogP contribution < -0.4 is 5.32 Å². The Morgan fingerprint density at radius 2 is 1.86 bits per heavy atom. The maximum absolute atomic E-state index is 12.3. The average molecular weight is 397 g/mol. The quantitative estimate of drug-likeness (QED) is 0.645. The summed E-state index contributed by atoms with van der Waals surface area (Å²) in [5.74, 6) is 2.79. The molecule has 1 N–H and O–H groups in total. The van der Waals surface area contributed by atoms with Gasteiger partial charge < -0.3 is 5.32 Å². The largest absolute Gasteiger partial charge is 0.351 e. The number of likely N-dealkylation sites (tertiary alicyclic amines) is 1. The highest BCUT2D eigenvalue weighted by Gasteiger charge is 2.15. The van der Waals surface area contributed by atoms with Crippen LogP contribution in [0.25, 0.3) is 0 Å². The first-order chi connectivity index (χ1) is 13.6. The molecule has 0 saturated carbocycles. The summed E-state index contributed by atoms with van der Waals surface area (Å²) in [6.07, 6.45) is 2.59. The van der Waals surface area contributed by atoms with Gasteiger partial charge in [0.25, 0.3) is 5.91 Å². The fourth-order valence-corrected chi connectivity index (χ4v) is 4.38. The van der Waals surface area contributed by atoms with E-state index in [4.69, 9.17) is 0 Å². The van der Waals surface area contributed by atoms with Crippen molar-refractivity contribution in [3.05, 3.63) is 70.8 Å². The topological polar surface area (TPSA) is 32.3 Å².